The van der Waals surface area contributed by atoms with Crippen molar-refractivity contribution in [2.75, 3.05) is 0 Å². The molecule has 2 nitrogen and oxygen atoms in total. The zero-order chi connectivity index (χ0) is 13.1. The second-order valence-electron chi connectivity index (χ2n) is 3.31. The third-order valence-corrected chi connectivity index (χ3v) is 2.25. The Morgan fingerprint density at radius 2 is 2.06 bits per heavy atom. The summed E-state index contributed by atoms with van der Waals surface area (Å²) in [5.41, 5.74) is 4.29. The SMILES string of the molecule is NC(=O)CC=Cc1ccc(Cl)c(C(F)(F)F)c1. The molecule has 0 aromatic heterocycles. The normalized spacial score (nSPS) is 12.0. The van der Waals surface area contributed by atoms with Crippen LogP contribution in [-0.2, 0) is 11.0 Å². The van der Waals surface area contributed by atoms with Gasteiger partial charge in [0.05, 0.1) is 10.6 Å². The minimum absolute atomic E-state index is 0.0238. The molecule has 0 saturated carbocycles. The first-order valence-electron chi connectivity index (χ1n) is 4.62. The van der Waals surface area contributed by atoms with Crippen molar-refractivity contribution in [1.82, 2.24) is 0 Å². The van der Waals surface area contributed by atoms with Crippen LogP contribution < -0.4 is 5.73 Å². The van der Waals surface area contributed by atoms with Crippen LogP contribution in [0.1, 0.15) is 17.5 Å². The molecule has 0 aliphatic rings. The van der Waals surface area contributed by atoms with Gasteiger partial charge in [0.1, 0.15) is 0 Å². The monoisotopic (exact) mass is 263 g/mol. The van der Waals surface area contributed by atoms with Crippen LogP contribution >= 0.6 is 11.6 Å². The van der Waals surface area contributed by atoms with Gasteiger partial charge < -0.3 is 5.73 Å². The highest BCUT2D eigenvalue weighted by Gasteiger charge is 2.33. The highest BCUT2D eigenvalue weighted by atomic mass is 35.5. The van der Waals surface area contributed by atoms with Crippen LogP contribution in [0, 0.1) is 0 Å². The first kappa shape index (κ1) is 13.6. The molecule has 0 aliphatic heterocycles. The Kier molecular flexibility index (Phi) is 4.17. The van der Waals surface area contributed by atoms with Gasteiger partial charge in [-0.1, -0.05) is 29.8 Å². The van der Waals surface area contributed by atoms with E-state index in [2.05, 4.69) is 0 Å². The van der Waals surface area contributed by atoms with Gasteiger partial charge >= 0.3 is 6.18 Å². The van der Waals surface area contributed by atoms with Gasteiger partial charge in [-0.15, -0.1) is 0 Å². The number of halogens is 4. The fraction of sp³-hybridized carbons (Fsp3) is 0.182. The van der Waals surface area contributed by atoms with Gasteiger partial charge in [0.25, 0.3) is 0 Å². The molecule has 0 radical (unpaired) electrons. The maximum Gasteiger partial charge on any atom is 0.417 e. The van der Waals surface area contributed by atoms with Gasteiger partial charge in [-0.3, -0.25) is 4.79 Å². The summed E-state index contributed by atoms with van der Waals surface area (Å²) in [6.07, 6.45) is -1.74. The molecule has 0 saturated heterocycles. The minimum atomic E-state index is -4.50. The molecular formula is C11H9ClF3NO. The van der Waals surface area contributed by atoms with E-state index in [-0.39, 0.29) is 11.4 Å². The maximum absolute atomic E-state index is 12.5. The molecule has 17 heavy (non-hydrogen) atoms. The molecule has 0 spiro atoms. The topological polar surface area (TPSA) is 43.1 Å². The maximum atomic E-state index is 12.5. The summed E-state index contributed by atoms with van der Waals surface area (Å²) in [7, 11) is 0. The molecule has 1 rings (SSSR count). The number of amides is 1. The number of primary amides is 1. The van der Waals surface area contributed by atoms with Crippen LogP contribution in [0.5, 0.6) is 0 Å². The van der Waals surface area contributed by atoms with Gasteiger partial charge in [0.2, 0.25) is 5.91 Å². The smallest absolute Gasteiger partial charge is 0.369 e. The summed E-state index contributed by atoms with van der Waals surface area (Å²) in [6, 6.07) is 3.50. The molecule has 0 aliphatic carbocycles. The van der Waals surface area contributed by atoms with Crippen molar-refractivity contribution in [3.8, 4) is 0 Å². The molecule has 0 heterocycles. The summed E-state index contributed by atoms with van der Waals surface area (Å²) in [5.74, 6) is -0.550. The summed E-state index contributed by atoms with van der Waals surface area (Å²) in [5, 5.41) is -0.357. The Balaban J connectivity index is 2.97. The molecular weight excluding hydrogens is 255 g/mol. The number of hydrogen-bond donors (Lipinski definition) is 1. The number of nitrogens with two attached hydrogens (primary N) is 1. The standard InChI is InChI=1S/C11H9ClF3NO/c12-9-5-4-7(2-1-3-10(16)17)6-8(9)11(13,14)15/h1-2,4-6H,3H2,(H2,16,17). The van der Waals surface area contributed by atoms with Crippen LogP contribution in [0.4, 0.5) is 13.2 Å². The first-order chi connectivity index (χ1) is 7.80. The van der Waals surface area contributed by atoms with Crippen LogP contribution in [0.3, 0.4) is 0 Å². The lowest BCUT2D eigenvalue weighted by atomic mass is 10.1. The number of carbonyl (C=O) groups is 1. The highest BCUT2D eigenvalue weighted by molar-refractivity contribution is 6.31. The van der Waals surface area contributed by atoms with E-state index >= 15 is 0 Å². The number of hydrogen-bond acceptors (Lipinski definition) is 1. The Labute approximate surface area is 101 Å². The third-order valence-electron chi connectivity index (χ3n) is 1.93. The zero-order valence-electron chi connectivity index (χ0n) is 8.59. The molecule has 0 bridgehead atoms. The predicted molar refractivity (Wildman–Crippen MR) is 59.3 cm³/mol. The summed E-state index contributed by atoms with van der Waals surface area (Å²) in [6.45, 7) is 0. The van der Waals surface area contributed by atoms with Crippen LogP contribution in [-0.4, -0.2) is 5.91 Å². The number of benzene rings is 1. The van der Waals surface area contributed by atoms with Gasteiger partial charge in [-0.05, 0) is 17.7 Å². The number of carbonyl (C=O) groups excluding carboxylic acids is 1. The third kappa shape index (κ3) is 4.11. The molecule has 0 unspecified atom stereocenters. The fourth-order valence-corrected chi connectivity index (χ4v) is 1.40. The molecule has 0 atom stereocenters. The summed E-state index contributed by atoms with van der Waals surface area (Å²) >= 11 is 5.45. The molecule has 2 N–H and O–H groups in total. The minimum Gasteiger partial charge on any atom is -0.369 e. The average molecular weight is 264 g/mol. The van der Waals surface area contributed by atoms with E-state index in [1.165, 1.54) is 18.2 Å². The Morgan fingerprint density at radius 3 is 2.59 bits per heavy atom. The van der Waals surface area contributed by atoms with Crippen molar-refractivity contribution in [3.05, 3.63) is 40.4 Å². The van der Waals surface area contributed by atoms with E-state index in [9.17, 15) is 18.0 Å². The van der Waals surface area contributed by atoms with E-state index in [1.807, 2.05) is 0 Å². The fourth-order valence-electron chi connectivity index (χ4n) is 1.17. The van der Waals surface area contributed by atoms with Crippen molar-refractivity contribution < 1.29 is 18.0 Å². The quantitative estimate of drug-likeness (QED) is 0.894. The summed E-state index contributed by atoms with van der Waals surface area (Å²) < 4.78 is 37.5. The van der Waals surface area contributed by atoms with Crippen molar-refractivity contribution in [3.63, 3.8) is 0 Å². The predicted octanol–water partition coefficient (Wildman–Crippen LogP) is 3.25. The van der Waals surface area contributed by atoms with Gasteiger partial charge in [0, 0.05) is 6.42 Å². The van der Waals surface area contributed by atoms with Crippen LogP contribution in [0.2, 0.25) is 5.02 Å². The van der Waals surface area contributed by atoms with Crippen LogP contribution in [0.25, 0.3) is 6.08 Å². The van der Waals surface area contributed by atoms with E-state index in [0.29, 0.717) is 5.56 Å². The van der Waals surface area contributed by atoms with Crippen LogP contribution in [0.15, 0.2) is 24.3 Å². The first-order valence-corrected chi connectivity index (χ1v) is 5.00. The Bertz CT molecular complexity index is 455. The molecule has 1 amide bonds. The van der Waals surface area contributed by atoms with Crippen molar-refractivity contribution in [1.29, 1.82) is 0 Å². The lowest BCUT2D eigenvalue weighted by molar-refractivity contribution is -0.137. The number of rotatable bonds is 3. The average Bonchev–Trinajstić information content (AvgIpc) is 2.18. The second kappa shape index (κ2) is 5.23. The molecule has 92 valence electrons. The van der Waals surface area contributed by atoms with Crippen molar-refractivity contribution in [2.45, 2.75) is 12.6 Å². The van der Waals surface area contributed by atoms with Gasteiger partial charge in [-0.2, -0.15) is 13.2 Å². The zero-order valence-corrected chi connectivity index (χ0v) is 9.35. The van der Waals surface area contributed by atoms with Gasteiger partial charge in [0.15, 0.2) is 0 Å². The number of alkyl halides is 3. The Hall–Kier alpha value is -1.49. The highest BCUT2D eigenvalue weighted by Crippen LogP contribution is 2.35. The molecule has 6 heteroatoms. The van der Waals surface area contributed by atoms with E-state index in [4.69, 9.17) is 17.3 Å². The van der Waals surface area contributed by atoms with Crippen molar-refractivity contribution >= 4 is 23.6 Å². The summed E-state index contributed by atoms with van der Waals surface area (Å²) in [4.78, 5) is 10.4. The second-order valence-corrected chi connectivity index (χ2v) is 3.72. The lowest BCUT2D eigenvalue weighted by Gasteiger charge is -2.09. The van der Waals surface area contributed by atoms with Crippen molar-refractivity contribution in [2.24, 2.45) is 5.73 Å². The molecule has 0 fully saturated rings. The lowest BCUT2D eigenvalue weighted by Crippen LogP contribution is -2.08. The van der Waals surface area contributed by atoms with E-state index in [0.717, 1.165) is 12.1 Å². The molecule has 1 aromatic carbocycles. The van der Waals surface area contributed by atoms with Gasteiger partial charge in [-0.25, -0.2) is 0 Å². The van der Waals surface area contributed by atoms with E-state index < -0.39 is 17.6 Å². The largest absolute Gasteiger partial charge is 0.417 e. The Morgan fingerprint density at radius 1 is 1.41 bits per heavy atom. The van der Waals surface area contributed by atoms with E-state index in [1.54, 1.807) is 0 Å². The molecule has 1 aromatic rings.